The van der Waals surface area contributed by atoms with E-state index in [2.05, 4.69) is 20.0 Å². The summed E-state index contributed by atoms with van der Waals surface area (Å²) in [6, 6.07) is 10.9. The molecule has 0 aliphatic rings. The molecule has 0 spiro atoms. The molecule has 0 amide bonds. The van der Waals surface area contributed by atoms with Crippen molar-refractivity contribution in [2.75, 3.05) is 13.7 Å². The van der Waals surface area contributed by atoms with Crippen molar-refractivity contribution in [2.24, 2.45) is 0 Å². The smallest absolute Gasteiger partial charge is 0.496 e. The van der Waals surface area contributed by atoms with Gasteiger partial charge in [-0.25, -0.2) is 4.98 Å². The maximum atomic E-state index is 12.3. The Morgan fingerprint density at radius 1 is 1.03 bits per heavy atom. The number of rotatable bonds is 12. The van der Waals surface area contributed by atoms with Gasteiger partial charge in [-0.15, -0.1) is 18.3 Å². The van der Waals surface area contributed by atoms with Gasteiger partial charge in [-0.3, -0.25) is 4.68 Å². The summed E-state index contributed by atoms with van der Waals surface area (Å²) in [6.45, 7) is 1.61. The van der Waals surface area contributed by atoms with Crippen LogP contribution in [0.3, 0.4) is 0 Å². The molecule has 4 aromatic rings. The predicted molar refractivity (Wildman–Crippen MR) is 126 cm³/mol. The Kier molecular flexibility index (Phi) is 8.41. The summed E-state index contributed by atoms with van der Waals surface area (Å²) in [5.74, 6) is 1.25. The third kappa shape index (κ3) is 8.10. The van der Waals surface area contributed by atoms with Crippen molar-refractivity contribution < 1.29 is 36.5 Å². The molecule has 2 heterocycles. The highest BCUT2D eigenvalue weighted by atomic mass is 19.4. The lowest BCUT2D eigenvalue weighted by Gasteiger charge is -2.12. The van der Waals surface area contributed by atoms with Crippen LogP contribution in [0.5, 0.6) is 17.2 Å². The maximum Gasteiger partial charge on any atom is 0.573 e. The van der Waals surface area contributed by atoms with Crippen LogP contribution < -0.4 is 14.2 Å². The van der Waals surface area contributed by atoms with Crippen molar-refractivity contribution in [1.82, 2.24) is 20.0 Å². The number of halogens is 3. The van der Waals surface area contributed by atoms with Gasteiger partial charge in [0.15, 0.2) is 0 Å². The number of hydrogen-bond donors (Lipinski definition) is 0. The van der Waals surface area contributed by atoms with Gasteiger partial charge in [0, 0.05) is 23.9 Å². The van der Waals surface area contributed by atoms with Gasteiger partial charge in [0.05, 0.1) is 33.1 Å². The largest absolute Gasteiger partial charge is 0.573 e. The van der Waals surface area contributed by atoms with E-state index in [4.69, 9.17) is 18.6 Å². The van der Waals surface area contributed by atoms with Crippen LogP contribution in [0.4, 0.5) is 13.2 Å². The number of hydrogen-bond acceptors (Lipinski definition) is 8. The van der Waals surface area contributed by atoms with Crippen LogP contribution in [0.15, 0.2) is 65.5 Å². The predicted octanol–water partition coefficient (Wildman–Crippen LogP) is 5.14. The normalized spacial score (nSPS) is 11.7. The lowest BCUT2D eigenvalue weighted by molar-refractivity contribution is -0.274. The molecule has 4 rings (SSSR count). The average molecular weight is 516 g/mol. The van der Waals surface area contributed by atoms with Crippen molar-refractivity contribution in [2.45, 2.75) is 26.1 Å². The summed E-state index contributed by atoms with van der Waals surface area (Å²) in [5.41, 5.74) is 2.09. The Bertz CT molecular complexity index is 1290. The molecule has 9 nitrogen and oxygen atoms in total. The molecule has 0 saturated carbocycles. The number of methoxy groups -OCH3 is 1. The van der Waals surface area contributed by atoms with E-state index in [-0.39, 0.29) is 12.4 Å². The Hall–Kier alpha value is -4.32. The number of alkyl halides is 3. The standard InChI is InChI=1S/C25H23F3N4O5/c1-33-23-14-22(8-5-19(23)15-34-13-12-32-11-10-29-31-32)35-16-20-17-36-24(30-20)9-4-18-2-6-21(7-3-18)37-25(26,27)28/h2-11,14,17H,12-13,15-16H2,1H3/b9-4+. The van der Waals surface area contributed by atoms with E-state index in [0.717, 1.165) is 5.56 Å². The Morgan fingerprint density at radius 3 is 2.57 bits per heavy atom. The van der Waals surface area contributed by atoms with Crippen LogP contribution in [0.25, 0.3) is 12.2 Å². The molecular formula is C25H23F3N4O5. The van der Waals surface area contributed by atoms with Crippen molar-refractivity contribution >= 4 is 12.2 Å². The third-order valence-corrected chi connectivity index (χ3v) is 4.94. The van der Waals surface area contributed by atoms with Crippen LogP contribution in [0.2, 0.25) is 0 Å². The van der Waals surface area contributed by atoms with Crippen LogP contribution in [0.1, 0.15) is 22.7 Å². The van der Waals surface area contributed by atoms with Crippen LogP contribution in [0, 0.1) is 0 Å². The quantitative estimate of drug-likeness (QED) is 0.239. The van der Waals surface area contributed by atoms with Gasteiger partial charge in [-0.05, 0) is 35.9 Å². The van der Waals surface area contributed by atoms with Crippen molar-refractivity contribution in [3.05, 3.63) is 83.8 Å². The van der Waals surface area contributed by atoms with E-state index in [0.29, 0.717) is 48.4 Å². The average Bonchev–Trinajstić information content (AvgIpc) is 3.56. The molecule has 0 saturated heterocycles. The highest BCUT2D eigenvalue weighted by Crippen LogP contribution is 2.26. The molecule has 0 aliphatic carbocycles. The van der Waals surface area contributed by atoms with Gasteiger partial charge in [0.1, 0.15) is 35.8 Å². The van der Waals surface area contributed by atoms with E-state index in [9.17, 15) is 13.2 Å². The van der Waals surface area contributed by atoms with E-state index >= 15 is 0 Å². The van der Waals surface area contributed by atoms with Crippen molar-refractivity contribution in [1.29, 1.82) is 0 Å². The number of oxazole rings is 1. The molecule has 37 heavy (non-hydrogen) atoms. The number of aromatic nitrogens is 4. The molecule has 0 atom stereocenters. The van der Waals surface area contributed by atoms with Crippen molar-refractivity contribution in [3.63, 3.8) is 0 Å². The minimum Gasteiger partial charge on any atom is -0.496 e. The van der Waals surface area contributed by atoms with E-state index in [1.165, 1.54) is 30.5 Å². The van der Waals surface area contributed by atoms with Gasteiger partial charge in [-0.1, -0.05) is 17.3 Å². The van der Waals surface area contributed by atoms with Gasteiger partial charge in [-0.2, -0.15) is 0 Å². The number of ether oxygens (including phenoxy) is 4. The van der Waals surface area contributed by atoms with E-state index in [1.807, 2.05) is 12.1 Å². The molecule has 2 aromatic carbocycles. The number of nitrogens with zero attached hydrogens (tertiary/aromatic N) is 4. The summed E-state index contributed by atoms with van der Waals surface area (Å²) >= 11 is 0. The first-order chi connectivity index (χ1) is 17.9. The van der Waals surface area contributed by atoms with Gasteiger partial charge in [0.25, 0.3) is 0 Å². The highest BCUT2D eigenvalue weighted by molar-refractivity contribution is 5.66. The molecule has 0 bridgehead atoms. The topological polar surface area (TPSA) is 93.7 Å². The summed E-state index contributed by atoms with van der Waals surface area (Å²) in [5, 5.41) is 7.63. The molecule has 12 heteroatoms. The first-order valence-corrected chi connectivity index (χ1v) is 11.1. The number of benzene rings is 2. The zero-order valence-electron chi connectivity index (χ0n) is 19.7. The molecule has 2 aromatic heterocycles. The van der Waals surface area contributed by atoms with Crippen molar-refractivity contribution in [3.8, 4) is 17.2 Å². The first-order valence-electron chi connectivity index (χ1n) is 11.1. The molecular weight excluding hydrogens is 493 g/mol. The fourth-order valence-electron chi connectivity index (χ4n) is 3.20. The van der Waals surface area contributed by atoms with Gasteiger partial charge < -0.3 is 23.4 Å². The summed E-state index contributed by atoms with van der Waals surface area (Å²) in [4.78, 5) is 4.32. The fraction of sp³-hybridized carbons (Fsp3) is 0.240. The minimum absolute atomic E-state index is 0.164. The second-order valence-electron chi connectivity index (χ2n) is 7.61. The molecule has 194 valence electrons. The SMILES string of the molecule is COc1cc(OCc2coc(/C=C/c3ccc(OC(F)(F)F)cc3)n2)ccc1COCCn1ccnn1. The zero-order chi connectivity index (χ0) is 26.1. The highest BCUT2D eigenvalue weighted by Gasteiger charge is 2.30. The van der Waals surface area contributed by atoms with Gasteiger partial charge in [0.2, 0.25) is 5.89 Å². The molecule has 0 unspecified atom stereocenters. The minimum atomic E-state index is -4.73. The molecule has 0 aliphatic heterocycles. The summed E-state index contributed by atoms with van der Waals surface area (Å²) in [6.07, 6.45) is 3.38. The Labute approximate surface area is 210 Å². The second-order valence-corrected chi connectivity index (χ2v) is 7.61. The Balaban J connectivity index is 1.26. The molecule has 0 fully saturated rings. The van der Waals surface area contributed by atoms with Crippen LogP contribution >= 0.6 is 0 Å². The second kappa shape index (κ2) is 12.1. The summed E-state index contributed by atoms with van der Waals surface area (Å²) < 4.78 is 64.7. The Morgan fingerprint density at radius 2 is 1.84 bits per heavy atom. The molecule has 0 N–H and O–H groups in total. The third-order valence-electron chi connectivity index (χ3n) is 4.94. The van der Waals surface area contributed by atoms with E-state index < -0.39 is 6.36 Å². The fourth-order valence-corrected chi connectivity index (χ4v) is 3.20. The van der Waals surface area contributed by atoms with E-state index in [1.54, 1.807) is 42.4 Å². The van der Waals surface area contributed by atoms with Crippen LogP contribution in [-0.2, 0) is 24.5 Å². The lowest BCUT2D eigenvalue weighted by Crippen LogP contribution is -2.16. The molecule has 0 radical (unpaired) electrons. The summed E-state index contributed by atoms with van der Waals surface area (Å²) in [7, 11) is 1.57. The van der Waals surface area contributed by atoms with Gasteiger partial charge >= 0.3 is 6.36 Å². The van der Waals surface area contributed by atoms with Crippen LogP contribution in [-0.4, -0.2) is 40.1 Å². The maximum absolute atomic E-state index is 12.3. The zero-order valence-corrected chi connectivity index (χ0v) is 19.7. The first kappa shape index (κ1) is 25.8. The lowest BCUT2D eigenvalue weighted by atomic mass is 10.2. The monoisotopic (exact) mass is 516 g/mol.